The van der Waals surface area contributed by atoms with Gasteiger partial charge in [0.1, 0.15) is 11.6 Å². The van der Waals surface area contributed by atoms with Crippen molar-refractivity contribution in [2.24, 2.45) is 5.73 Å². The monoisotopic (exact) mass is 265 g/mol. The van der Waals surface area contributed by atoms with Gasteiger partial charge in [-0.1, -0.05) is 17.8 Å². The lowest BCUT2D eigenvalue weighted by atomic mass is 10.1. The Morgan fingerprint density at radius 1 is 1.06 bits per heavy atom. The van der Waals surface area contributed by atoms with Gasteiger partial charge in [-0.2, -0.15) is 0 Å². The Hall–Kier alpha value is -1.39. The Morgan fingerprint density at radius 2 is 1.72 bits per heavy atom. The molecule has 0 amide bonds. The van der Waals surface area contributed by atoms with Crippen LogP contribution in [-0.2, 0) is 0 Å². The molecule has 0 spiro atoms. The molecule has 1 unspecified atom stereocenters. The molecule has 0 aliphatic heterocycles. The SMILES string of the molecule is CC(N)c1ccc(Sc2ccc(F)cc2)c(F)c1. The minimum Gasteiger partial charge on any atom is -0.324 e. The van der Waals surface area contributed by atoms with Gasteiger partial charge in [0.15, 0.2) is 0 Å². The molecular weight excluding hydrogens is 252 g/mol. The van der Waals surface area contributed by atoms with Crippen LogP contribution in [0.15, 0.2) is 52.3 Å². The van der Waals surface area contributed by atoms with E-state index in [1.165, 1.54) is 30.0 Å². The number of hydrogen-bond acceptors (Lipinski definition) is 2. The first-order chi connectivity index (χ1) is 8.56. The predicted octanol–water partition coefficient (Wildman–Crippen LogP) is 4.14. The van der Waals surface area contributed by atoms with Gasteiger partial charge in [-0.15, -0.1) is 0 Å². The fourth-order valence-corrected chi connectivity index (χ4v) is 2.33. The number of hydrogen-bond donors (Lipinski definition) is 1. The van der Waals surface area contributed by atoms with Gasteiger partial charge in [-0.3, -0.25) is 0 Å². The second-order valence-electron chi connectivity index (χ2n) is 4.03. The average Bonchev–Trinajstić information content (AvgIpc) is 2.34. The van der Waals surface area contributed by atoms with Crippen molar-refractivity contribution in [1.82, 2.24) is 0 Å². The van der Waals surface area contributed by atoms with Crippen LogP contribution in [-0.4, -0.2) is 0 Å². The summed E-state index contributed by atoms with van der Waals surface area (Å²) in [5, 5.41) is 0. The summed E-state index contributed by atoms with van der Waals surface area (Å²) in [5.74, 6) is -0.605. The maximum atomic E-state index is 13.8. The molecule has 2 aromatic carbocycles. The minimum absolute atomic E-state index is 0.190. The Morgan fingerprint density at radius 3 is 2.28 bits per heavy atom. The van der Waals surface area contributed by atoms with E-state index in [0.29, 0.717) is 4.90 Å². The lowest BCUT2D eigenvalue weighted by Crippen LogP contribution is -2.05. The van der Waals surface area contributed by atoms with E-state index in [-0.39, 0.29) is 17.7 Å². The van der Waals surface area contributed by atoms with Crippen molar-refractivity contribution in [2.45, 2.75) is 22.8 Å². The molecule has 2 aromatic rings. The van der Waals surface area contributed by atoms with Crippen molar-refractivity contribution in [2.75, 3.05) is 0 Å². The quantitative estimate of drug-likeness (QED) is 0.902. The molecule has 0 saturated carbocycles. The zero-order chi connectivity index (χ0) is 13.1. The third-order valence-corrected chi connectivity index (χ3v) is 3.58. The van der Waals surface area contributed by atoms with E-state index in [9.17, 15) is 8.78 Å². The molecule has 0 bridgehead atoms. The van der Waals surface area contributed by atoms with Crippen molar-refractivity contribution in [3.63, 3.8) is 0 Å². The zero-order valence-corrected chi connectivity index (χ0v) is 10.7. The first-order valence-corrected chi connectivity index (χ1v) is 6.36. The average molecular weight is 265 g/mol. The first-order valence-electron chi connectivity index (χ1n) is 5.54. The first kappa shape index (κ1) is 13.1. The highest BCUT2D eigenvalue weighted by Gasteiger charge is 2.07. The minimum atomic E-state index is -0.306. The van der Waals surface area contributed by atoms with Crippen molar-refractivity contribution >= 4 is 11.8 Å². The molecule has 0 aliphatic rings. The summed E-state index contributed by atoms with van der Waals surface area (Å²) >= 11 is 1.26. The number of benzene rings is 2. The summed E-state index contributed by atoms with van der Waals surface area (Å²) in [6, 6.07) is 10.7. The van der Waals surface area contributed by atoms with Gasteiger partial charge in [-0.05, 0) is 48.9 Å². The van der Waals surface area contributed by atoms with Gasteiger partial charge in [0, 0.05) is 15.8 Å². The standard InChI is InChI=1S/C14H13F2NS/c1-9(17)10-2-7-14(13(16)8-10)18-12-5-3-11(15)4-6-12/h2-9H,17H2,1H3. The smallest absolute Gasteiger partial charge is 0.137 e. The van der Waals surface area contributed by atoms with Crippen LogP contribution >= 0.6 is 11.8 Å². The van der Waals surface area contributed by atoms with Crippen LogP contribution in [0.1, 0.15) is 18.5 Å². The van der Waals surface area contributed by atoms with E-state index < -0.39 is 0 Å². The maximum Gasteiger partial charge on any atom is 0.137 e. The molecule has 0 heterocycles. The maximum absolute atomic E-state index is 13.8. The summed E-state index contributed by atoms with van der Waals surface area (Å²) < 4.78 is 26.6. The third kappa shape index (κ3) is 3.09. The lowest BCUT2D eigenvalue weighted by molar-refractivity contribution is 0.596. The third-order valence-electron chi connectivity index (χ3n) is 2.52. The molecule has 0 radical (unpaired) electrons. The molecule has 0 fully saturated rings. The van der Waals surface area contributed by atoms with E-state index in [4.69, 9.17) is 5.73 Å². The molecule has 4 heteroatoms. The largest absolute Gasteiger partial charge is 0.324 e. The molecule has 94 valence electrons. The second-order valence-corrected chi connectivity index (χ2v) is 5.15. The van der Waals surface area contributed by atoms with E-state index in [2.05, 4.69) is 0 Å². The molecule has 2 N–H and O–H groups in total. The van der Waals surface area contributed by atoms with Crippen molar-refractivity contribution < 1.29 is 8.78 Å². The highest BCUT2D eigenvalue weighted by molar-refractivity contribution is 7.99. The topological polar surface area (TPSA) is 26.0 Å². The van der Waals surface area contributed by atoms with Crippen LogP contribution in [0.2, 0.25) is 0 Å². The van der Waals surface area contributed by atoms with Crippen LogP contribution in [0.25, 0.3) is 0 Å². The highest BCUT2D eigenvalue weighted by Crippen LogP contribution is 2.30. The summed E-state index contributed by atoms with van der Waals surface area (Å²) in [6.07, 6.45) is 0. The van der Waals surface area contributed by atoms with Crippen molar-refractivity contribution in [3.05, 3.63) is 59.7 Å². The van der Waals surface area contributed by atoms with Crippen molar-refractivity contribution in [3.8, 4) is 0 Å². The highest BCUT2D eigenvalue weighted by atomic mass is 32.2. The number of halogens is 2. The van der Waals surface area contributed by atoms with Crippen LogP contribution in [0.3, 0.4) is 0 Å². The summed E-state index contributed by atoms with van der Waals surface area (Å²) in [6.45, 7) is 1.81. The number of nitrogens with two attached hydrogens (primary N) is 1. The normalized spacial score (nSPS) is 12.4. The van der Waals surface area contributed by atoms with Gasteiger partial charge < -0.3 is 5.73 Å². The summed E-state index contributed by atoms with van der Waals surface area (Å²) in [4.78, 5) is 1.30. The van der Waals surface area contributed by atoms with Crippen LogP contribution in [0, 0.1) is 11.6 Å². The summed E-state index contributed by atoms with van der Waals surface area (Å²) in [5.41, 5.74) is 6.45. The molecule has 2 rings (SSSR count). The summed E-state index contributed by atoms with van der Waals surface area (Å²) in [7, 11) is 0. The van der Waals surface area contributed by atoms with Crippen molar-refractivity contribution in [1.29, 1.82) is 0 Å². The Balaban J connectivity index is 2.22. The van der Waals surface area contributed by atoms with Crippen LogP contribution in [0.4, 0.5) is 8.78 Å². The molecule has 1 nitrogen and oxygen atoms in total. The Kier molecular flexibility index (Phi) is 3.99. The molecule has 0 aromatic heterocycles. The molecular formula is C14H13F2NS. The second kappa shape index (κ2) is 5.50. The van der Waals surface area contributed by atoms with Crippen LogP contribution in [0.5, 0.6) is 0 Å². The Labute approximate surface area is 109 Å². The fourth-order valence-electron chi connectivity index (χ4n) is 1.51. The predicted molar refractivity (Wildman–Crippen MR) is 69.5 cm³/mol. The zero-order valence-electron chi connectivity index (χ0n) is 9.86. The molecule has 18 heavy (non-hydrogen) atoms. The number of rotatable bonds is 3. The Bertz CT molecular complexity index is 538. The van der Waals surface area contributed by atoms with Gasteiger partial charge >= 0.3 is 0 Å². The van der Waals surface area contributed by atoms with E-state index >= 15 is 0 Å². The molecule has 0 saturated heterocycles. The van der Waals surface area contributed by atoms with Gasteiger partial charge in [0.25, 0.3) is 0 Å². The van der Waals surface area contributed by atoms with E-state index in [1.807, 2.05) is 6.92 Å². The van der Waals surface area contributed by atoms with Gasteiger partial charge in [-0.25, -0.2) is 8.78 Å². The fraction of sp³-hybridized carbons (Fsp3) is 0.143. The van der Waals surface area contributed by atoms with E-state index in [0.717, 1.165) is 10.5 Å². The van der Waals surface area contributed by atoms with Gasteiger partial charge in [0.05, 0.1) is 0 Å². The molecule has 1 atom stereocenters. The van der Waals surface area contributed by atoms with Gasteiger partial charge in [0.2, 0.25) is 0 Å². The molecule has 0 aliphatic carbocycles. The van der Waals surface area contributed by atoms with E-state index in [1.54, 1.807) is 24.3 Å². The van der Waals surface area contributed by atoms with Crippen LogP contribution < -0.4 is 5.73 Å². The lowest BCUT2D eigenvalue weighted by Gasteiger charge is -2.08.